The van der Waals surface area contributed by atoms with E-state index in [1.807, 2.05) is 0 Å². The number of carbonyl (C=O) groups is 1. The summed E-state index contributed by atoms with van der Waals surface area (Å²) in [5, 5.41) is 1.85. The van der Waals surface area contributed by atoms with Gasteiger partial charge < -0.3 is 11.1 Å². The molecule has 4 nitrogen and oxygen atoms in total. The molecule has 0 saturated carbocycles. The molecule has 14 heavy (non-hydrogen) atoms. The Morgan fingerprint density at radius 1 is 1.71 bits per heavy atom. The van der Waals surface area contributed by atoms with Crippen LogP contribution in [0.25, 0.3) is 0 Å². The molecule has 7 heteroatoms. The molecular formula is C7H6BrClFN3O. The Morgan fingerprint density at radius 3 is 2.79 bits per heavy atom. The van der Waals surface area contributed by atoms with E-state index < -0.39 is 16.9 Å². The summed E-state index contributed by atoms with van der Waals surface area (Å²) in [6, 6.07) is 0. The molecule has 0 saturated heterocycles. The monoisotopic (exact) mass is 281 g/mol. The van der Waals surface area contributed by atoms with Gasteiger partial charge in [-0.1, -0.05) is 11.6 Å². The van der Waals surface area contributed by atoms with E-state index in [1.54, 1.807) is 0 Å². The molecule has 1 rings (SSSR count). The van der Waals surface area contributed by atoms with Crippen molar-refractivity contribution in [2.75, 3.05) is 12.8 Å². The standard InChI is InChI=1S/C7H6BrClFN3O/c1-12-7(14)2-3(10)6(9)13-5(8)4(2)11/h11H2,1H3,(H,12,14). The Bertz CT molecular complexity index is 373. The van der Waals surface area contributed by atoms with Crippen LogP contribution in [0.4, 0.5) is 10.1 Å². The van der Waals surface area contributed by atoms with Crippen LogP contribution in [0.5, 0.6) is 0 Å². The SMILES string of the molecule is CNC(=O)c1c(N)c(Br)nc(Cl)c1F. The third-order valence-electron chi connectivity index (χ3n) is 1.54. The number of halogens is 3. The average molecular weight is 282 g/mol. The first-order valence-electron chi connectivity index (χ1n) is 3.51. The number of nitrogens with zero attached hydrogens (tertiary/aromatic N) is 1. The van der Waals surface area contributed by atoms with E-state index in [2.05, 4.69) is 26.2 Å². The van der Waals surface area contributed by atoms with E-state index in [4.69, 9.17) is 17.3 Å². The van der Waals surface area contributed by atoms with Gasteiger partial charge in [-0.25, -0.2) is 9.37 Å². The molecule has 76 valence electrons. The zero-order valence-corrected chi connectivity index (χ0v) is 9.41. The van der Waals surface area contributed by atoms with Crippen LogP contribution in [-0.2, 0) is 0 Å². The molecule has 1 heterocycles. The third-order valence-corrected chi connectivity index (χ3v) is 2.40. The second-order valence-electron chi connectivity index (χ2n) is 2.38. The Hall–Kier alpha value is -0.880. The fourth-order valence-corrected chi connectivity index (χ4v) is 1.52. The zero-order chi connectivity index (χ0) is 10.9. The van der Waals surface area contributed by atoms with Gasteiger partial charge in [0.1, 0.15) is 10.2 Å². The minimum Gasteiger partial charge on any atom is -0.396 e. The molecule has 3 N–H and O–H groups in total. The summed E-state index contributed by atoms with van der Waals surface area (Å²) in [5.41, 5.74) is 5.08. The number of anilines is 1. The van der Waals surface area contributed by atoms with Gasteiger partial charge in [-0.15, -0.1) is 0 Å². The van der Waals surface area contributed by atoms with E-state index in [0.29, 0.717) is 0 Å². The third kappa shape index (κ3) is 1.80. The van der Waals surface area contributed by atoms with Gasteiger partial charge in [0, 0.05) is 7.05 Å². The molecule has 0 atom stereocenters. The number of nitrogens with one attached hydrogen (secondary N) is 1. The molecule has 0 unspecified atom stereocenters. The van der Waals surface area contributed by atoms with Crippen molar-refractivity contribution in [1.82, 2.24) is 10.3 Å². The minimum atomic E-state index is -0.924. The number of nitrogens with two attached hydrogens (primary N) is 1. The Kier molecular flexibility index (Phi) is 3.28. The van der Waals surface area contributed by atoms with Gasteiger partial charge in [-0.2, -0.15) is 0 Å². The van der Waals surface area contributed by atoms with Crippen molar-refractivity contribution in [3.05, 3.63) is 21.1 Å². The highest BCUT2D eigenvalue weighted by Gasteiger charge is 2.20. The smallest absolute Gasteiger partial charge is 0.256 e. The molecular weight excluding hydrogens is 276 g/mol. The molecule has 0 fully saturated rings. The molecule has 0 aliphatic heterocycles. The van der Waals surface area contributed by atoms with E-state index >= 15 is 0 Å². The van der Waals surface area contributed by atoms with Crippen LogP contribution >= 0.6 is 27.5 Å². The highest BCUT2D eigenvalue weighted by molar-refractivity contribution is 9.10. The van der Waals surface area contributed by atoms with Crippen LogP contribution in [-0.4, -0.2) is 17.9 Å². The highest BCUT2D eigenvalue weighted by atomic mass is 79.9. The van der Waals surface area contributed by atoms with Gasteiger partial charge in [0.15, 0.2) is 11.0 Å². The summed E-state index contributed by atoms with van der Waals surface area (Å²) in [5.74, 6) is -1.57. The minimum absolute atomic E-state index is 0.0775. The number of hydrogen-bond acceptors (Lipinski definition) is 3. The van der Waals surface area contributed by atoms with Crippen LogP contribution in [0.2, 0.25) is 5.15 Å². The van der Waals surface area contributed by atoms with Crippen molar-refractivity contribution in [3.63, 3.8) is 0 Å². The molecule has 1 aromatic rings. The molecule has 0 aliphatic carbocycles. The molecule has 0 aliphatic rings. The van der Waals surface area contributed by atoms with E-state index in [9.17, 15) is 9.18 Å². The van der Waals surface area contributed by atoms with E-state index in [0.717, 1.165) is 0 Å². The molecule has 1 amide bonds. The maximum atomic E-state index is 13.3. The fraction of sp³-hybridized carbons (Fsp3) is 0.143. The second-order valence-corrected chi connectivity index (χ2v) is 3.48. The first kappa shape index (κ1) is 11.2. The highest BCUT2D eigenvalue weighted by Crippen LogP contribution is 2.27. The van der Waals surface area contributed by atoms with E-state index in [-0.39, 0.29) is 15.9 Å². The van der Waals surface area contributed by atoms with Crippen molar-refractivity contribution in [1.29, 1.82) is 0 Å². The number of amides is 1. The van der Waals surface area contributed by atoms with Crippen LogP contribution < -0.4 is 11.1 Å². The van der Waals surface area contributed by atoms with E-state index in [1.165, 1.54) is 7.05 Å². The molecule has 0 bridgehead atoms. The largest absolute Gasteiger partial charge is 0.396 e. The topological polar surface area (TPSA) is 68.0 Å². The summed E-state index contributed by atoms with van der Waals surface area (Å²) >= 11 is 8.40. The Labute approximate surface area is 92.8 Å². The summed E-state index contributed by atoms with van der Waals surface area (Å²) < 4.78 is 13.5. The van der Waals surface area contributed by atoms with Crippen LogP contribution in [0.3, 0.4) is 0 Å². The number of carbonyl (C=O) groups excluding carboxylic acids is 1. The van der Waals surface area contributed by atoms with Crippen molar-refractivity contribution >= 4 is 39.1 Å². The van der Waals surface area contributed by atoms with Gasteiger partial charge in [-0.05, 0) is 15.9 Å². The first-order chi connectivity index (χ1) is 6.49. The lowest BCUT2D eigenvalue weighted by Gasteiger charge is -2.07. The lowest BCUT2D eigenvalue weighted by molar-refractivity contribution is 0.0960. The van der Waals surface area contributed by atoms with Crippen LogP contribution in [0, 0.1) is 5.82 Å². The number of pyridine rings is 1. The number of aromatic nitrogens is 1. The fourth-order valence-electron chi connectivity index (χ4n) is 0.867. The van der Waals surface area contributed by atoms with Crippen molar-refractivity contribution in [2.45, 2.75) is 0 Å². The molecule has 0 spiro atoms. The predicted octanol–water partition coefficient (Wildman–Crippen LogP) is 1.58. The lowest BCUT2D eigenvalue weighted by atomic mass is 10.2. The number of nitrogen functional groups attached to an aromatic ring is 1. The van der Waals surface area contributed by atoms with Crippen LogP contribution in [0.1, 0.15) is 10.4 Å². The van der Waals surface area contributed by atoms with Gasteiger partial charge in [0.05, 0.1) is 5.69 Å². The molecule has 0 aromatic carbocycles. The normalized spacial score (nSPS) is 10.0. The van der Waals surface area contributed by atoms with Gasteiger partial charge >= 0.3 is 0 Å². The Morgan fingerprint density at radius 2 is 2.29 bits per heavy atom. The molecule has 0 radical (unpaired) electrons. The predicted molar refractivity (Wildman–Crippen MR) is 54.7 cm³/mol. The Balaban J connectivity index is 3.47. The summed E-state index contributed by atoms with van der Waals surface area (Å²) in [6.07, 6.45) is 0. The lowest BCUT2D eigenvalue weighted by Crippen LogP contribution is -2.21. The maximum Gasteiger partial charge on any atom is 0.256 e. The quantitative estimate of drug-likeness (QED) is 0.769. The summed E-state index contributed by atoms with van der Waals surface area (Å²) in [4.78, 5) is 14.8. The van der Waals surface area contributed by atoms with Crippen molar-refractivity contribution < 1.29 is 9.18 Å². The first-order valence-corrected chi connectivity index (χ1v) is 4.68. The zero-order valence-electron chi connectivity index (χ0n) is 7.07. The van der Waals surface area contributed by atoms with Gasteiger partial charge in [0.25, 0.3) is 5.91 Å². The van der Waals surface area contributed by atoms with Gasteiger partial charge in [0.2, 0.25) is 0 Å². The molecule has 1 aromatic heterocycles. The van der Waals surface area contributed by atoms with Crippen molar-refractivity contribution in [2.24, 2.45) is 0 Å². The second kappa shape index (κ2) is 4.10. The average Bonchev–Trinajstić information content (AvgIpc) is 2.15. The summed E-state index contributed by atoms with van der Waals surface area (Å²) in [7, 11) is 1.36. The number of rotatable bonds is 1. The number of hydrogen-bond donors (Lipinski definition) is 2. The van der Waals surface area contributed by atoms with Crippen molar-refractivity contribution in [3.8, 4) is 0 Å². The summed E-state index contributed by atoms with van der Waals surface area (Å²) in [6.45, 7) is 0. The van der Waals surface area contributed by atoms with Gasteiger partial charge in [-0.3, -0.25) is 4.79 Å². The van der Waals surface area contributed by atoms with Crippen LogP contribution in [0.15, 0.2) is 4.60 Å². The maximum absolute atomic E-state index is 13.3.